The summed E-state index contributed by atoms with van der Waals surface area (Å²) in [5.74, 6) is -2.05. The first-order chi connectivity index (χ1) is 10.4. The number of fused-ring (bicyclic) bond motifs is 1. The van der Waals surface area contributed by atoms with Crippen molar-refractivity contribution in [1.82, 2.24) is 10.3 Å². The van der Waals surface area contributed by atoms with E-state index in [2.05, 4.69) is 15.6 Å². The van der Waals surface area contributed by atoms with Gasteiger partial charge in [0.05, 0.1) is 5.52 Å². The lowest BCUT2D eigenvalue weighted by molar-refractivity contribution is -0.136. The standard InChI is InChI=1S/C15H17N3O4/c1-8(2)7-16-14(21)15(22)18-11-12(19)9-5-3-4-6-10(9)17-13(11)20/h3-6,8H,7H2,1-2H3,(H,16,21)(H,18,22)(H2,17,19,20). The van der Waals surface area contributed by atoms with Gasteiger partial charge >= 0.3 is 11.8 Å². The van der Waals surface area contributed by atoms with Crippen LogP contribution in [0, 0.1) is 5.92 Å². The number of para-hydroxylation sites is 1. The normalized spacial score (nSPS) is 10.7. The Morgan fingerprint density at radius 3 is 2.59 bits per heavy atom. The maximum atomic E-state index is 11.9. The molecule has 0 aliphatic carbocycles. The molecule has 1 aromatic heterocycles. The molecule has 1 heterocycles. The number of carbonyl (C=O) groups excluding carboxylic acids is 2. The molecule has 116 valence electrons. The molecule has 7 nitrogen and oxygen atoms in total. The number of H-pyrrole nitrogens is 1. The Hall–Kier alpha value is -2.83. The highest BCUT2D eigenvalue weighted by Gasteiger charge is 2.19. The largest absolute Gasteiger partial charge is 0.505 e. The van der Waals surface area contributed by atoms with Gasteiger partial charge in [-0.1, -0.05) is 26.0 Å². The molecule has 22 heavy (non-hydrogen) atoms. The molecule has 2 aromatic rings. The highest BCUT2D eigenvalue weighted by atomic mass is 16.3. The molecule has 0 spiro atoms. The van der Waals surface area contributed by atoms with Crippen LogP contribution in [0.5, 0.6) is 5.75 Å². The lowest BCUT2D eigenvalue weighted by atomic mass is 10.2. The molecular weight excluding hydrogens is 286 g/mol. The number of aromatic amines is 1. The molecule has 7 heteroatoms. The number of benzene rings is 1. The van der Waals surface area contributed by atoms with Crippen LogP contribution in [-0.2, 0) is 9.59 Å². The van der Waals surface area contributed by atoms with Crippen molar-refractivity contribution in [2.75, 3.05) is 11.9 Å². The second-order valence-corrected chi connectivity index (χ2v) is 5.28. The van der Waals surface area contributed by atoms with Crippen LogP contribution in [0.25, 0.3) is 10.9 Å². The highest BCUT2D eigenvalue weighted by molar-refractivity contribution is 6.39. The predicted octanol–water partition coefficient (Wildman–Crippen LogP) is 0.944. The van der Waals surface area contributed by atoms with Gasteiger partial charge in [0.1, 0.15) is 0 Å². The van der Waals surface area contributed by atoms with Gasteiger partial charge in [-0.15, -0.1) is 0 Å². The van der Waals surface area contributed by atoms with Crippen molar-refractivity contribution in [2.24, 2.45) is 5.92 Å². The van der Waals surface area contributed by atoms with E-state index in [1.54, 1.807) is 24.3 Å². The molecule has 0 atom stereocenters. The van der Waals surface area contributed by atoms with Gasteiger partial charge in [0.25, 0.3) is 5.56 Å². The van der Waals surface area contributed by atoms with E-state index in [0.29, 0.717) is 17.4 Å². The van der Waals surface area contributed by atoms with Crippen LogP contribution >= 0.6 is 0 Å². The molecule has 0 saturated heterocycles. The number of amides is 2. The summed E-state index contributed by atoms with van der Waals surface area (Å²) >= 11 is 0. The molecule has 2 amide bonds. The van der Waals surface area contributed by atoms with E-state index in [-0.39, 0.29) is 17.4 Å². The minimum atomic E-state index is -1.00. The highest BCUT2D eigenvalue weighted by Crippen LogP contribution is 2.27. The Labute approximate surface area is 126 Å². The monoisotopic (exact) mass is 303 g/mol. The number of aromatic nitrogens is 1. The molecule has 0 radical (unpaired) electrons. The van der Waals surface area contributed by atoms with E-state index >= 15 is 0 Å². The van der Waals surface area contributed by atoms with Crippen LogP contribution in [0.3, 0.4) is 0 Å². The van der Waals surface area contributed by atoms with Crippen LogP contribution in [0.4, 0.5) is 5.69 Å². The lowest BCUT2D eigenvalue weighted by Crippen LogP contribution is -2.38. The third-order valence-corrected chi connectivity index (χ3v) is 3.01. The number of rotatable bonds is 3. The molecule has 4 N–H and O–H groups in total. The fourth-order valence-corrected chi connectivity index (χ4v) is 1.89. The number of hydrogen-bond acceptors (Lipinski definition) is 4. The minimum Gasteiger partial charge on any atom is -0.505 e. The Morgan fingerprint density at radius 1 is 1.23 bits per heavy atom. The Morgan fingerprint density at radius 2 is 1.91 bits per heavy atom. The van der Waals surface area contributed by atoms with Crippen LogP contribution in [0.1, 0.15) is 13.8 Å². The zero-order valence-corrected chi connectivity index (χ0v) is 12.3. The smallest absolute Gasteiger partial charge is 0.313 e. The maximum Gasteiger partial charge on any atom is 0.313 e. The van der Waals surface area contributed by atoms with E-state index < -0.39 is 17.4 Å². The van der Waals surface area contributed by atoms with Crippen molar-refractivity contribution in [3.05, 3.63) is 34.6 Å². The Bertz CT molecular complexity index is 780. The van der Waals surface area contributed by atoms with Crippen molar-refractivity contribution in [3.8, 4) is 5.75 Å². The van der Waals surface area contributed by atoms with Crippen molar-refractivity contribution in [2.45, 2.75) is 13.8 Å². The first-order valence-corrected chi connectivity index (χ1v) is 6.83. The second-order valence-electron chi connectivity index (χ2n) is 5.28. The van der Waals surface area contributed by atoms with Gasteiger partial charge < -0.3 is 20.7 Å². The summed E-state index contributed by atoms with van der Waals surface area (Å²) in [5, 5.41) is 15.1. The van der Waals surface area contributed by atoms with Crippen molar-refractivity contribution < 1.29 is 14.7 Å². The molecule has 0 bridgehead atoms. The summed E-state index contributed by atoms with van der Waals surface area (Å²) < 4.78 is 0. The predicted molar refractivity (Wildman–Crippen MR) is 82.7 cm³/mol. The third-order valence-electron chi connectivity index (χ3n) is 3.01. The fourth-order valence-electron chi connectivity index (χ4n) is 1.89. The molecule has 0 saturated carbocycles. The average Bonchev–Trinajstić information content (AvgIpc) is 2.48. The average molecular weight is 303 g/mol. The topological polar surface area (TPSA) is 111 Å². The first kappa shape index (κ1) is 15.6. The number of carbonyl (C=O) groups is 2. The summed E-state index contributed by atoms with van der Waals surface area (Å²) in [6.07, 6.45) is 0. The molecule has 0 aliphatic rings. The van der Waals surface area contributed by atoms with Crippen LogP contribution in [0.15, 0.2) is 29.1 Å². The number of aromatic hydroxyl groups is 1. The van der Waals surface area contributed by atoms with Crippen molar-refractivity contribution in [1.29, 1.82) is 0 Å². The summed E-state index contributed by atoms with van der Waals surface area (Å²) in [4.78, 5) is 37.8. The van der Waals surface area contributed by atoms with Gasteiger partial charge in [0.15, 0.2) is 11.4 Å². The van der Waals surface area contributed by atoms with E-state index in [4.69, 9.17) is 0 Å². The molecule has 0 fully saturated rings. The van der Waals surface area contributed by atoms with Gasteiger partial charge in [0.2, 0.25) is 0 Å². The van der Waals surface area contributed by atoms with Crippen LogP contribution in [-0.4, -0.2) is 28.4 Å². The number of anilines is 1. The Balaban J connectivity index is 2.26. The van der Waals surface area contributed by atoms with Gasteiger partial charge in [-0.3, -0.25) is 14.4 Å². The number of nitrogens with one attached hydrogen (secondary N) is 3. The number of hydrogen-bond donors (Lipinski definition) is 4. The van der Waals surface area contributed by atoms with Gasteiger partial charge in [-0.2, -0.15) is 0 Å². The Kier molecular flexibility index (Phi) is 4.45. The fraction of sp³-hybridized carbons (Fsp3) is 0.267. The van der Waals surface area contributed by atoms with E-state index in [1.165, 1.54) is 0 Å². The van der Waals surface area contributed by atoms with Crippen molar-refractivity contribution >= 4 is 28.4 Å². The molecule has 0 unspecified atom stereocenters. The van der Waals surface area contributed by atoms with Crippen LogP contribution < -0.4 is 16.2 Å². The molecular formula is C15H17N3O4. The third kappa shape index (κ3) is 3.25. The van der Waals surface area contributed by atoms with Gasteiger partial charge in [-0.05, 0) is 18.1 Å². The minimum absolute atomic E-state index is 0.189. The SMILES string of the molecule is CC(C)CNC(=O)C(=O)Nc1c(O)c2ccccc2[nH]c1=O. The second kappa shape index (κ2) is 6.30. The van der Waals surface area contributed by atoms with E-state index in [9.17, 15) is 19.5 Å². The van der Waals surface area contributed by atoms with Gasteiger partial charge in [-0.25, -0.2) is 0 Å². The molecule has 1 aromatic carbocycles. The zero-order chi connectivity index (χ0) is 16.3. The summed E-state index contributed by atoms with van der Waals surface area (Å²) in [5.41, 5.74) is -0.586. The summed E-state index contributed by atoms with van der Waals surface area (Å²) in [6.45, 7) is 4.11. The molecule has 0 aliphatic heterocycles. The lowest BCUT2D eigenvalue weighted by Gasteiger charge is -2.10. The van der Waals surface area contributed by atoms with E-state index in [0.717, 1.165) is 0 Å². The molecule has 2 rings (SSSR count). The first-order valence-electron chi connectivity index (χ1n) is 6.83. The summed E-state index contributed by atoms with van der Waals surface area (Å²) in [7, 11) is 0. The van der Waals surface area contributed by atoms with Crippen LogP contribution in [0.2, 0.25) is 0 Å². The van der Waals surface area contributed by atoms with E-state index in [1.807, 2.05) is 13.8 Å². The number of pyridine rings is 1. The van der Waals surface area contributed by atoms with Gasteiger partial charge in [0, 0.05) is 11.9 Å². The maximum absolute atomic E-state index is 11.9. The zero-order valence-electron chi connectivity index (χ0n) is 12.3. The van der Waals surface area contributed by atoms with Crippen molar-refractivity contribution in [3.63, 3.8) is 0 Å². The summed E-state index contributed by atoms with van der Waals surface area (Å²) in [6, 6.07) is 6.60. The quantitative estimate of drug-likeness (QED) is 0.632.